The van der Waals surface area contributed by atoms with E-state index in [1.165, 1.54) is 0 Å². The maximum atomic E-state index is 8.98. The Balaban J connectivity index is 2.88. The minimum atomic E-state index is -0.201. The van der Waals surface area contributed by atoms with Crippen LogP contribution in [0.15, 0.2) is 0 Å². The van der Waals surface area contributed by atoms with Crippen molar-refractivity contribution >= 4 is 39.6 Å². The van der Waals surface area contributed by atoms with Crippen molar-refractivity contribution in [3.63, 3.8) is 0 Å². The monoisotopic (exact) mass is 277 g/mol. The molecule has 0 aromatic carbocycles. The van der Waals surface area contributed by atoms with Crippen molar-refractivity contribution in [1.82, 2.24) is 19.9 Å². The van der Waals surface area contributed by atoms with Gasteiger partial charge < -0.3 is 10.8 Å². The first-order chi connectivity index (χ1) is 5.66. The molecule has 0 bridgehead atoms. The molecule has 2 aromatic heterocycles. The maximum absolute atomic E-state index is 8.98. The molecule has 0 aliphatic carbocycles. The number of aromatic hydroxyl groups is 1. The van der Waals surface area contributed by atoms with Gasteiger partial charge >= 0.3 is 0 Å². The number of anilines is 1. The summed E-state index contributed by atoms with van der Waals surface area (Å²) in [5.41, 5.74) is 6.37. The second-order valence-corrected chi connectivity index (χ2v) is 3.10. The summed E-state index contributed by atoms with van der Waals surface area (Å²) in [6.07, 6.45) is 0. The first kappa shape index (κ1) is 7.53. The zero-order valence-corrected chi connectivity index (χ0v) is 7.90. The fourth-order valence-electron chi connectivity index (χ4n) is 0.881. The number of hydrogen-bond donors (Lipinski definition) is 3. The molecule has 7 heteroatoms. The molecule has 0 radical (unpaired) electrons. The summed E-state index contributed by atoms with van der Waals surface area (Å²) in [5, 5.41) is 8.98. The van der Waals surface area contributed by atoms with E-state index in [4.69, 9.17) is 10.8 Å². The van der Waals surface area contributed by atoms with E-state index in [1.54, 1.807) is 0 Å². The van der Waals surface area contributed by atoms with Crippen LogP contribution in [0.25, 0.3) is 11.2 Å². The Morgan fingerprint density at radius 1 is 1.33 bits per heavy atom. The number of H-pyrrole nitrogens is 1. The van der Waals surface area contributed by atoms with Crippen molar-refractivity contribution in [1.29, 1.82) is 0 Å². The fourth-order valence-corrected chi connectivity index (χ4v) is 1.38. The topological polar surface area (TPSA) is 101 Å². The lowest BCUT2D eigenvalue weighted by atomic mass is 10.5. The first-order valence-electron chi connectivity index (χ1n) is 3.04. The van der Waals surface area contributed by atoms with Gasteiger partial charge in [0, 0.05) is 22.6 Å². The van der Waals surface area contributed by atoms with E-state index >= 15 is 0 Å². The Labute approximate surface area is 80.4 Å². The second-order valence-electron chi connectivity index (χ2n) is 2.14. The van der Waals surface area contributed by atoms with Gasteiger partial charge in [0.05, 0.1) is 0 Å². The van der Waals surface area contributed by atoms with Crippen LogP contribution in [0.2, 0.25) is 0 Å². The van der Waals surface area contributed by atoms with E-state index < -0.39 is 0 Å². The molecule has 2 aromatic rings. The molecule has 0 aliphatic heterocycles. The highest BCUT2D eigenvalue weighted by atomic mass is 127. The molecular formula is C5H4IN5O. The van der Waals surface area contributed by atoms with Crippen molar-refractivity contribution in [2.75, 3.05) is 5.73 Å². The summed E-state index contributed by atoms with van der Waals surface area (Å²) in [5.74, 6) is 0.265. The average Bonchev–Trinajstić information content (AvgIpc) is 2.29. The third-order valence-corrected chi connectivity index (χ3v) is 1.81. The summed E-state index contributed by atoms with van der Waals surface area (Å²) in [4.78, 5) is 14.1. The number of nitrogens with two attached hydrogens (primary N) is 1. The van der Waals surface area contributed by atoms with Crippen LogP contribution in [-0.2, 0) is 0 Å². The molecule has 2 rings (SSSR count). The minimum Gasteiger partial charge on any atom is -0.480 e. The molecule has 62 valence electrons. The number of halogens is 1. The average molecular weight is 277 g/mol. The van der Waals surface area contributed by atoms with Gasteiger partial charge in [-0.1, -0.05) is 0 Å². The number of imidazole rings is 1. The van der Waals surface area contributed by atoms with Gasteiger partial charge in [-0.15, -0.1) is 0 Å². The first-order valence-corrected chi connectivity index (χ1v) is 4.12. The molecule has 0 saturated carbocycles. The molecule has 0 saturated heterocycles. The third-order valence-electron chi connectivity index (χ3n) is 1.33. The van der Waals surface area contributed by atoms with Gasteiger partial charge in [0.1, 0.15) is 0 Å². The highest BCUT2D eigenvalue weighted by Crippen LogP contribution is 2.17. The molecule has 0 atom stereocenters. The van der Waals surface area contributed by atoms with Gasteiger partial charge in [-0.3, -0.25) is 4.98 Å². The van der Waals surface area contributed by atoms with Crippen molar-refractivity contribution < 1.29 is 5.11 Å². The van der Waals surface area contributed by atoms with Crippen LogP contribution < -0.4 is 5.73 Å². The van der Waals surface area contributed by atoms with E-state index in [0.29, 0.717) is 15.0 Å². The summed E-state index contributed by atoms with van der Waals surface area (Å²) in [7, 11) is 0. The standard InChI is InChI=1S/C5H4IN5O/c6-4-9-2(7)1-3(10-4)11-5(12)8-1/h(H4,7,8,9,10,11,12). The van der Waals surface area contributed by atoms with Gasteiger partial charge in [0.25, 0.3) is 6.01 Å². The summed E-state index contributed by atoms with van der Waals surface area (Å²) in [6.45, 7) is 0. The van der Waals surface area contributed by atoms with Crippen molar-refractivity contribution in [2.24, 2.45) is 0 Å². The number of fused-ring (bicyclic) bond motifs is 1. The lowest BCUT2D eigenvalue weighted by Gasteiger charge is -1.92. The van der Waals surface area contributed by atoms with Gasteiger partial charge in [0.2, 0.25) is 0 Å². The van der Waals surface area contributed by atoms with Crippen molar-refractivity contribution in [2.45, 2.75) is 0 Å². The minimum absolute atomic E-state index is 0.201. The number of rotatable bonds is 0. The SMILES string of the molecule is Nc1nc(I)nc2[nH]c(O)nc12. The van der Waals surface area contributed by atoms with Gasteiger partial charge in [0.15, 0.2) is 20.8 Å². The molecule has 0 spiro atoms. The van der Waals surface area contributed by atoms with E-state index in [0.717, 1.165) is 0 Å². The Kier molecular flexibility index (Phi) is 1.53. The molecule has 0 amide bonds. The predicted octanol–water partition coefficient (Wildman–Crippen LogP) is 0.245. The number of nitrogen functional groups attached to an aromatic ring is 1. The lowest BCUT2D eigenvalue weighted by molar-refractivity contribution is 0.438. The molecule has 0 fully saturated rings. The van der Waals surface area contributed by atoms with E-state index in [9.17, 15) is 0 Å². The normalized spacial score (nSPS) is 10.8. The summed E-state index contributed by atoms with van der Waals surface area (Å²) in [6, 6.07) is -0.201. The highest BCUT2D eigenvalue weighted by molar-refractivity contribution is 14.1. The quantitative estimate of drug-likeness (QED) is 0.473. The van der Waals surface area contributed by atoms with E-state index in [2.05, 4.69) is 19.9 Å². The molecular weight excluding hydrogens is 273 g/mol. The zero-order chi connectivity index (χ0) is 8.72. The van der Waals surface area contributed by atoms with Gasteiger partial charge in [-0.05, 0) is 0 Å². The number of aromatic amines is 1. The van der Waals surface area contributed by atoms with Gasteiger partial charge in [-0.2, -0.15) is 4.98 Å². The highest BCUT2D eigenvalue weighted by Gasteiger charge is 2.07. The molecule has 2 heterocycles. The zero-order valence-electron chi connectivity index (χ0n) is 5.74. The largest absolute Gasteiger partial charge is 0.480 e. The van der Waals surface area contributed by atoms with Crippen molar-refractivity contribution in [3.05, 3.63) is 3.83 Å². The third kappa shape index (κ3) is 1.05. The molecule has 12 heavy (non-hydrogen) atoms. The van der Waals surface area contributed by atoms with Gasteiger partial charge in [-0.25, -0.2) is 9.97 Å². The van der Waals surface area contributed by atoms with Crippen LogP contribution in [0.3, 0.4) is 0 Å². The second kappa shape index (κ2) is 2.44. The Morgan fingerprint density at radius 2 is 2.08 bits per heavy atom. The predicted molar refractivity (Wildman–Crippen MR) is 50.5 cm³/mol. The van der Waals surface area contributed by atoms with Crippen LogP contribution in [-0.4, -0.2) is 25.0 Å². The summed E-state index contributed by atoms with van der Waals surface area (Å²) < 4.78 is 0.515. The Hall–Kier alpha value is -1.12. The van der Waals surface area contributed by atoms with Crippen LogP contribution in [0.1, 0.15) is 0 Å². The number of nitrogens with one attached hydrogen (secondary N) is 1. The summed E-state index contributed by atoms with van der Waals surface area (Å²) >= 11 is 1.93. The lowest BCUT2D eigenvalue weighted by Crippen LogP contribution is -1.96. The van der Waals surface area contributed by atoms with Crippen LogP contribution in [0.5, 0.6) is 6.01 Å². The fraction of sp³-hybridized carbons (Fsp3) is 0. The maximum Gasteiger partial charge on any atom is 0.293 e. The number of aromatic nitrogens is 4. The van der Waals surface area contributed by atoms with Crippen LogP contribution in [0.4, 0.5) is 5.82 Å². The van der Waals surface area contributed by atoms with E-state index in [1.807, 2.05) is 22.6 Å². The Bertz CT molecular complexity index is 439. The molecule has 4 N–H and O–H groups in total. The molecule has 6 nitrogen and oxygen atoms in total. The number of nitrogens with zero attached hydrogens (tertiary/aromatic N) is 3. The Morgan fingerprint density at radius 3 is 2.83 bits per heavy atom. The van der Waals surface area contributed by atoms with E-state index in [-0.39, 0.29) is 11.8 Å². The van der Waals surface area contributed by atoms with Crippen LogP contribution >= 0.6 is 22.6 Å². The molecule has 0 unspecified atom stereocenters. The van der Waals surface area contributed by atoms with Crippen LogP contribution in [0, 0.1) is 3.83 Å². The number of hydrogen-bond acceptors (Lipinski definition) is 5. The smallest absolute Gasteiger partial charge is 0.293 e. The van der Waals surface area contributed by atoms with Crippen molar-refractivity contribution in [3.8, 4) is 6.01 Å². The molecule has 0 aliphatic rings.